The van der Waals surface area contributed by atoms with Gasteiger partial charge in [-0.05, 0) is 31.9 Å². The summed E-state index contributed by atoms with van der Waals surface area (Å²) in [6.07, 6.45) is 1.06. The van der Waals surface area contributed by atoms with Gasteiger partial charge in [-0.25, -0.2) is 0 Å². The number of ketones is 2. The van der Waals surface area contributed by atoms with Crippen LogP contribution >= 0.6 is 0 Å². The van der Waals surface area contributed by atoms with Crippen LogP contribution in [0.3, 0.4) is 0 Å². The highest BCUT2D eigenvalue weighted by molar-refractivity contribution is 6.21. The van der Waals surface area contributed by atoms with Crippen molar-refractivity contribution >= 4 is 17.3 Å². The number of aryl methyl sites for hydroxylation is 1. The fourth-order valence-corrected chi connectivity index (χ4v) is 2.07. The maximum absolute atomic E-state index is 11.6. The van der Waals surface area contributed by atoms with Gasteiger partial charge in [0.25, 0.3) is 0 Å². The summed E-state index contributed by atoms with van der Waals surface area (Å²) in [6, 6.07) is 7.83. The van der Waals surface area contributed by atoms with Crippen molar-refractivity contribution < 1.29 is 9.59 Å². The summed E-state index contributed by atoms with van der Waals surface area (Å²) in [5, 5.41) is 3.21. The minimum absolute atomic E-state index is 0.0476. The molecule has 0 aliphatic heterocycles. The Kier molecular flexibility index (Phi) is 3.09. The Bertz CT molecular complexity index is 515. The molecule has 17 heavy (non-hydrogen) atoms. The molecule has 1 aromatic carbocycles. The molecule has 3 nitrogen and oxygen atoms in total. The Balaban J connectivity index is 2.33. The topological polar surface area (TPSA) is 46.2 Å². The number of Topliss-reactive ketones (excluding diaryl/α,β-unsaturated/α-hetero) is 2. The van der Waals surface area contributed by atoms with Crippen LogP contribution in [0.1, 0.15) is 25.3 Å². The summed E-state index contributed by atoms with van der Waals surface area (Å²) in [5.41, 5.74) is 3.16. The molecule has 3 heteroatoms. The van der Waals surface area contributed by atoms with Crippen LogP contribution in [0, 0.1) is 6.92 Å². The first-order chi connectivity index (χ1) is 8.09. The third-order valence-electron chi connectivity index (χ3n) is 2.97. The molecular weight excluding hydrogens is 214 g/mol. The van der Waals surface area contributed by atoms with E-state index in [1.54, 1.807) is 0 Å². The lowest BCUT2D eigenvalue weighted by Crippen LogP contribution is -2.09. The Labute approximate surface area is 101 Å². The SMILES string of the molecule is CC(=O)C1=C(Nc2ccccc2C)CCC1=O. The second-order valence-electron chi connectivity index (χ2n) is 4.27. The number of hydrogen-bond donors (Lipinski definition) is 1. The Morgan fingerprint density at radius 3 is 2.59 bits per heavy atom. The summed E-state index contributed by atoms with van der Waals surface area (Å²) >= 11 is 0. The largest absolute Gasteiger partial charge is 0.358 e. The van der Waals surface area contributed by atoms with E-state index in [1.807, 2.05) is 31.2 Å². The van der Waals surface area contributed by atoms with E-state index in [1.165, 1.54) is 6.92 Å². The molecule has 0 fully saturated rings. The number of carbonyl (C=O) groups excluding carboxylic acids is 2. The number of hydrogen-bond acceptors (Lipinski definition) is 3. The first-order valence-electron chi connectivity index (χ1n) is 5.69. The second kappa shape index (κ2) is 4.53. The van der Waals surface area contributed by atoms with Gasteiger partial charge in [0, 0.05) is 17.8 Å². The first-order valence-corrected chi connectivity index (χ1v) is 5.69. The van der Waals surface area contributed by atoms with E-state index in [2.05, 4.69) is 5.32 Å². The van der Waals surface area contributed by atoms with Gasteiger partial charge in [0.2, 0.25) is 0 Å². The zero-order valence-corrected chi connectivity index (χ0v) is 10.0. The molecule has 0 saturated heterocycles. The highest BCUT2D eigenvalue weighted by Crippen LogP contribution is 2.26. The van der Waals surface area contributed by atoms with E-state index in [0.29, 0.717) is 18.4 Å². The molecule has 0 amide bonds. The number of para-hydroxylation sites is 1. The fourth-order valence-electron chi connectivity index (χ4n) is 2.07. The Morgan fingerprint density at radius 1 is 1.24 bits per heavy atom. The van der Waals surface area contributed by atoms with Crippen LogP contribution in [0.25, 0.3) is 0 Å². The quantitative estimate of drug-likeness (QED) is 0.810. The maximum atomic E-state index is 11.6. The van der Waals surface area contributed by atoms with Crippen LogP contribution in [0.5, 0.6) is 0 Å². The molecule has 1 N–H and O–H groups in total. The molecule has 0 unspecified atom stereocenters. The number of rotatable bonds is 3. The summed E-state index contributed by atoms with van der Waals surface area (Å²) in [6.45, 7) is 3.44. The van der Waals surface area contributed by atoms with Crippen LogP contribution in [0.2, 0.25) is 0 Å². The van der Waals surface area contributed by atoms with E-state index in [9.17, 15) is 9.59 Å². The molecule has 1 aliphatic rings. The minimum Gasteiger partial charge on any atom is -0.358 e. The van der Waals surface area contributed by atoms with Crippen molar-refractivity contribution in [2.75, 3.05) is 5.32 Å². The number of carbonyl (C=O) groups is 2. The van der Waals surface area contributed by atoms with Crippen molar-refractivity contribution in [3.8, 4) is 0 Å². The smallest absolute Gasteiger partial charge is 0.168 e. The number of allylic oxidation sites excluding steroid dienone is 2. The molecule has 0 heterocycles. The van der Waals surface area contributed by atoms with Crippen molar-refractivity contribution in [2.24, 2.45) is 0 Å². The fraction of sp³-hybridized carbons (Fsp3) is 0.286. The van der Waals surface area contributed by atoms with Gasteiger partial charge in [0.1, 0.15) is 0 Å². The van der Waals surface area contributed by atoms with E-state index in [-0.39, 0.29) is 11.6 Å². The van der Waals surface area contributed by atoms with Crippen LogP contribution in [0.4, 0.5) is 5.69 Å². The van der Waals surface area contributed by atoms with Crippen molar-refractivity contribution in [2.45, 2.75) is 26.7 Å². The van der Waals surface area contributed by atoms with Crippen LogP contribution < -0.4 is 5.32 Å². The molecule has 0 spiro atoms. The van der Waals surface area contributed by atoms with Crippen molar-refractivity contribution in [1.82, 2.24) is 0 Å². The molecule has 0 aromatic heterocycles. The molecule has 0 saturated carbocycles. The van der Waals surface area contributed by atoms with Crippen LogP contribution in [0.15, 0.2) is 35.5 Å². The standard InChI is InChI=1S/C14H15NO2/c1-9-5-3-4-6-11(9)15-12-7-8-13(17)14(12)10(2)16/h3-6,15H,7-8H2,1-2H3. The van der Waals surface area contributed by atoms with Gasteiger partial charge in [-0.3, -0.25) is 9.59 Å². The molecule has 0 atom stereocenters. The zero-order valence-electron chi connectivity index (χ0n) is 10.0. The van der Waals surface area contributed by atoms with E-state index < -0.39 is 0 Å². The predicted octanol–water partition coefficient (Wildman–Crippen LogP) is 2.61. The third-order valence-corrected chi connectivity index (χ3v) is 2.97. The molecule has 1 aromatic rings. The summed E-state index contributed by atoms with van der Waals surface area (Å²) in [5.74, 6) is -0.197. The zero-order chi connectivity index (χ0) is 12.4. The third kappa shape index (κ3) is 2.28. The lowest BCUT2D eigenvalue weighted by atomic mass is 10.1. The number of nitrogens with one attached hydrogen (secondary N) is 1. The first kappa shape index (κ1) is 11.6. The highest BCUT2D eigenvalue weighted by atomic mass is 16.1. The normalized spacial score (nSPS) is 15.3. The van der Waals surface area contributed by atoms with Crippen molar-refractivity contribution in [3.63, 3.8) is 0 Å². The highest BCUT2D eigenvalue weighted by Gasteiger charge is 2.26. The van der Waals surface area contributed by atoms with Crippen LogP contribution in [-0.2, 0) is 9.59 Å². The summed E-state index contributed by atoms with van der Waals surface area (Å²) in [7, 11) is 0. The lowest BCUT2D eigenvalue weighted by molar-refractivity contribution is -0.119. The van der Waals surface area contributed by atoms with Gasteiger partial charge in [-0.1, -0.05) is 18.2 Å². The van der Waals surface area contributed by atoms with Gasteiger partial charge in [-0.15, -0.1) is 0 Å². The Hall–Kier alpha value is -1.90. The molecular formula is C14H15NO2. The van der Waals surface area contributed by atoms with E-state index >= 15 is 0 Å². The summed E-state index contributed by atoms with van der Waals surface area (Å²) < 4.78 is 0. The van der Waals surface area contributed by atoms with Gasteiger partial charge in [-0.2, -0.15) is 0 Å². The van der Waals surface area contributed by atoms with Gasteiger partial charge < -0.3 is 5.32 Å². The number of benzene rings is 1. The maximum Gasteiger partial charge on any atom is 0.168 e. The lowest BCUT2D eigenvalue weighted by Gasteiger charge is -2.10. The average Bonchev–Trinajstić information content (AvgIpc) is 2.63. The van der Waals surface area contributed by atoms with Gasteiger partial charge in [0.15, 0.2) is 11.6 Å². The summed E-state index contributed by atoms with van der Waals surface area (Å²) in [4.78, 5) is 23.0. The molecule has 1 aliphatic carbocycles. The molecule has 0 bridgehead atoms. The predicted molar refractivity (Wildman–Crippen MR) is 66.7 cm³/mol. The second-order valence-corrected chi connectivity index (χ2v) is 4.27. The van der Waals surface area contributed by atoms with Gasteiger partial charge in [0.05, 0.1) is 5.57 Å². The molecule has 0 radical (unpaired) electrons. The molecule has 88 valence electrons. The monoisotopic (exact) mass is 229 g/mol. The minimum atomic E-state index is -0.149. The van der Waals surface area contributed by atoms with Crippen LogP contribution in [-0.4, -0.2) is 11.6 Å². The average molecular weight is 229 g/mol. The van der Waals surface area contributed by atoms with Crippen molar-refractivity contribution in [1.29, 1.82) is 0 Å². The van der Waals surface area contributed by atoms with Gasteiger partial charge >= 0.3 is 0 Å². The number of anilines is 1. The van der Waals surface area contributed by atoms with E-state index in [0.717, 1.165) is 16.9 Å². The molecule has 2 rings (SSSR count). The van der Waals surface area contributed by atoms with Crippen molar-refractivity contribution in [3.05, 3.63) is 41.1 Å². The Morgan fingerprint density at radius 2 is 1.94 bits per heavy atom. The van der Waals surface area contributed by atoms with E-state index in [4.69, 9.17) is 0 Å².